The van der Waals surface area contributed by atoms with Crippen LogP contribution in [0.15, 0.2) is 64.0 Å². The first-order chi connectivity index (χ1) is 15.0. The number of nitrogens with one attached hydrogen (secondary N) is 2. The highest BCUT2D eigenvalue weighted by atomic mass is 19.1. The summed E-state index contributed by atoms with van der Waals surface area (Å²) in [7, 11) is 0. The summed E-state index contributed by atoms with van der Waals surface area (Å²) in [5.41, 5.74) is 0.630. The Labute approximate surface area is 175 Å². The van der Waals surface area contributed by atoms with Gasteiger partial charge in [0.1, 0.15) is 11.5 Å². The van der Waals surface area contributed by atoms with Crippen molar-refractivity contribution in [2.24, 2.45) is 0 Å². The van der Waals surface area contributed by atoms with E-state index in [9.17, 15) is 14.0 Å². The second-order valence-electron chi connectivity index (χ2n) is 6.49. The Balaban J connectivity index is 1.63. The molecule has 158 valence electrons. The molecular formula is C21H18FN5O4. The van der Waals surface area contributed by atoms with E-state index in [1.54, 1.807) is 24.3 Å². The first-order valence-electron chi connectivity index (χ1n) is 9.45. The van der Waals surface area contributed by atoms with E-state index in [1.807, 2.05) is 6.92 Å². The van der Waals surface area contributed by atoms with Crippen LogP contribution in [0.5, 0.6) is 5.75 Å². The molecule has 0 atom stereocenters. The van der Waals surface area contributed by atoms with E-state index >= 15 is 0 Å². The van der Waals surface area contributed by atoms with E-state index in [1.165, 1.54) is 35.2 Å². The molecule has 3 aromatic heterocycles. The highest BCUT2D eigenvalue weighted by molar-refractivity contribution is 5.91. The zero-order valence-corrected chi connectivity index (χ0v) is 16.5. The zero-order chi connectivity index (χ0) is 21.8. The number of para-hydroxylation sites is 1. The number of anilines is 1. The average Bonchev–Trinajstić information content (AvgIpc) is 3.43. The van der Waals surface area contributed by atoms with Crippen LogP contribution in [0.3, 0.4) is 0 Å². The molecule has 0 saturated carbocycles. The van der Waals surface area contributed by atoms with E-state index < -0.39 is 18.3 Å². The smallest absolute Gasteiger partial charge is 0.263 e. The molecule has 1 amide bonds. The molecule has 4 rings (SSSR count). The van der Waals surface area contributed by atoms with Crippen LogP contribution >= 0.6 is 0 Å². The normalized spacial score (nSPS) is 10.8. The second-order valence-corrected chi connectivity index (χ2v) is 6.49. The molecule has 0 saturated heterocycles. The Hall–Kier alpha value is -4.21. The number of ether oxygens (including phenoxy) is 1. The van der Waals surface area contributed by atoms with Crippen LogP contribution in [-0.2, 0) is 11.2 Å². The van der Waals surface area contributed by atoms with Crippen molar-refractivity contribution in [1.29, 1.82) is 0 Å². The lowest BCUT2D eigenvalue weighted by atomic mass is 10.3. The predicted molar refractivity (Wildman–Crippen MR) is 110 cm³/mol. The number of furan rings is 1. The number of amides is 1. The topological polar surface area (TPSA) is 115 Å². The van der Waals surface area contributed by atoms with Crippen molar-refractivity contribution in [1.82, 2.24) is 19.7 Å². The minimum atomic E-state index is -0.571. The number of aromatic nitrogens is 4. The van der Waals surface area contributed by atoms with E-state index in [2.05, 4.69) is 20.4 Å². The van der Waals surface area contributed by atoms with E-state index in [-0.39, 0.29) is 23.1 Å². The minimum absolute atomic E-state index is 0.0379. The van der Waals surface area contributed by atoms with Crippen LogP contribution in [0.1, 0.15) is 12.6 Å². The van der Waals surface area contributed by atoms with Gasteiger partial charge in [0.05, 0.1) is 6.26 Å². The third kappa shape index (κ3) is 4.53. The first-order valence-corrected chi connectivity index (χ1v) is 9.45. The summed E-state index contributed by atoms with van der Waals surface area (Å²) in [6.45, 7) is 1.44. The quantitative estimate of drug-likeness (QED) is 0.472. The number of carbonyl (C=O) groups is 1. The van der Waals surface area contributed by atoms with Gasteiger partial charge in [0, 0.05) is 17.8 Å². The zero-order valence-electron chi connectivity index (χ0n) is 16.5. The molecule has 10 heteroatoms. The maximum absolute atomic E-state index is 13.7. The van der Waals surface area contributed by atoms with Crippen molar-refractivity contribution < 1.29 is 18.3 Å². The van der Waals surface area contributed by atoms with Crippen molar-refractivity contribution in [3.05, 3.63) is 76.7 Å². The van der Waals surface area contributed by atoms with Gasteiger partial charge in [0.15, 0.2) is 23.9 Å². The fraction of sp³-hybridized carbons (Fsp3) is 0.143. The molecule has 3 heterocycles. The first kappa shape index (κ1) is 20.1. The molecule has 0 aliphatic rings. The van der Waals surface area contributed by atoms with Gasteiger partial charge in [-0.1, -0.05) is 19.1 Å². The lowest BCUT2D eigenvalue weighted by molar-refractivity contribution is -0.118. The molecule has 2 N–H and O–H groups in total. The number of aromatic amines is 1. The molecule has 31 heavy (non-hydrogen) atoms. The third-order valence-corrected chi connectivity index (χ3v) is 4.29. The Bertz CT molecular complexity index is 1260. The van der Waals surface area contributed by atoms with Crippen LogP contribution in [0.25, 0.3) is 17.4 Å². The Morgan fingerprint density at radius 1 is 1.26 bits per heavy atom. The lowest BCUT2D eigenvalue weighted by Crippen LogP contribution is -2.23. The number of halogens is 1. The van der Waals surface area contributed by atoms with Gasteiger partial charge in [-0.05, 0) is 30.7 Å². The number of carbonyl (C=O) groups excluding carboxylic acids is 1. The van der Waals surface area contributed by atoms with Gasteiger partial charge in [-0.3, -0.25) is 14.6 Å². The molecule has 9 nitrogen and oxygen atoms in total. The van der Waals surface area contributed by atoms with Gasteiger partial charge in [0.25, 0.3) is 11.5 Å². The SMILES string of the molecule is CCc1cc(=O)[nH]c(-n2nc(-c3ccco3)cc2NC(=O)COc2ccccc2F)n1. The van der Waals surface area contributed by atoms with Crippen molar-refractivity contribution >= 4 is 11.7 Å². The standard InChI is InChI=1S/C21H18FN5O4/c1-2-13-10-19(28)25-21(23-13)27-18(11-15(26-27)17-8-5-9-30-17)24-20(29)12-31-16-7-4-3-6-14(16)22/h3-11H,2,12H2,1H3,(H,24,29)(H,23,25,28). The van der Waals surface area contributed by atoms with Gasteiger partial charge in [0.2, 0.25) is 5.95 Å². The van der Waals surface area contributed by atoms with Gasteiger partial charge in [-0.2, -0.15) is 9.78 Å². The lowest BCUT2D eigenvalue weighted by Gasteiger charge is -2.10. The number of hydrogen-bond acceptors (Lipinski definition) is 6. The summed E-state index contributed by atoms with van der Waals surface area (Å²) in [5.74, 6) is -0.338. The van der Waals surface area contributed by atoms with Crippen LogP contribution in [0.2, 0.25) is 0 Å². The van der Waals surface area contributed by atoms with Gasteiger partial charge in [-0.15, -0.1) is 0 Å². The molecule has 0 aliphatic carbocycles. The number of rotatable bonds is 7. The summed E-state index contributed by atoms with van der Waals surface area (Å²) < 4.78 is 25.6. The Kier molecular flexibility index (Phi) is 5.61. The van der Waals surface area contributed by atoms with Crippen molar-refractivity contribution in [3.63, 3.8) is 0 Å². The number of nitrogens with zero attached hydrogens (tertiary/aromatic N) is 3. The van der Waals surface area contributed by atoms with Crippen LogP contribution in [0.4, 0.5) is 10.2 Å². The highest BCUT2D eigenvalue weighted by Crippen LogP contribution is 2.24. The highest BCUT2D eigenvalue weighted by Gasteiger charge is 2.17. The second kappa shape index (κ2) is 8.66. The fourth-order valence-electron chi connectivity index (χ4n) is 2.84. The average molecular weight is 423 g/mol. The molecule has 4 aromatic rings. The van der Waals surface area contributed by atoms with Crippen molar-refractivity contribution in [3.8, 4) is 23.2 Å². The Morgan fingerprint density at radius 2 is 2.10 bits per heavy atom. The van der Waals surface area contributed by atoms with Crippen LogP contribution in [-0.4, -0.2) is 32.3 Å². The number of aryl methyl sites for hydroxylation is 1. The molecule has 0 fully saturated rings. The van der Waals surface area contributed by atoms with Gasteiger partial charge >= 0.3 is 0 Å². The maximum atomic E-state index is 13.7. The molecular weight excluding hydrogens is 405 g/mol. The summed E-state index contributed by atoms with van der Waals surface area (Å²) in [6.07, 6.45) is 2.04. The van der Waals surface area contributed by atoms with E-state index in [4.69, 9.17) is 9.15 Å². The van der Waals surface area contributed by atoms with Crippen LogP contribution < -0.4 is 15.6 Å². The van der Waals surface area contributed by atoms with Gasteiger partial charge < -0.3 is 14.5 Å². The van der Waals surface area contributed by atoms with Gasteiger partial charge in [-0.25, -0.2) is 9.37 Å². The van der Waals surface area contributed by atoms with Crippen molar-refractivity contribution in [2.45, 2.75) is 13.3 Å². The maximum Gasteiger partial charge on any atom is 0.263 e. The monoisotopic (exact) mass is 423 g/mol. The summed E-state index contributed by atoms with van der Waals surface area (Å²) in [4.78, 5) is 31.4. The van der Waals surface area contributed by atoms with E-state index in [0.29, 0.717) is 23.6 Å². The number of hydrogen-bond donors (Lipinski definition) is 2. The summed E-state index contributed by atoms with van der Waals surface area (Å²) >= 11 is 0. The van der Waals surface area contributed by atoms with Crippen LogP contribution in [0, 0.1) is 5.82 Å². The fourth-order valence-corrected chi connectivity index (χ4v) is 2.84. The Morgan fingerprint density at radius 3 is 2.84 bits per heavy atom. The minimum Gasteiger partial charge on any atom is -0.481 e. The summed E-state index contributed by atoms with van der Waals surface area (Å²) in [6, 6.07) is 12.1. The number of benzene rings is 1. The van der Waals surface area contributed by atoms with E-state index in [0.717, 1.165) is 0 Å². The molecule has 0 radical (unpaired) electrons. The molecule has 1 aromatic carbocycles. The molecule has 0 unspecified atom stereocenters. The summed E-state index contributed by atoms with van der Waals surface area (Å²) in [5, 5.41) is 7.05. The predicted octanol–water partition coefficient (Wildman–Crippen LogP) is 2.93. The van der Waals surface area contributed by atoms with Crippen molar-refractivity contribution in [2.75, 3.05) is 11.9 Å². The number of H-pyrrole nitrogens is 1. The third-order valence-electron chi connectivity index (χ3n) is 4.29. The molecule has 0 spiro atoms. The molecule has 0 aliphatic heterocycles. The molecule has 0 bridgehead atoms. The largest absolute Gasteiger partial charge is 0.481 e.